The first kappa shape index (κ1) is 16.3. The molecule has 0 N–H and O–H groups in total. The standard InChI is InChI=1S/C19H20N6O/c1-14-12-15(2)24(22-14)10-4-8-18-21-19(17-7-5-11-26-17)23-25(18)16-6-3-9-20-13-16/h3,5-7,9,11-13H,4,8,10H2,1-2H3. The molecule has 0 spiro atoms. The average Bonchev–Trinajstić information content (AvgIpc) is 3.36. The first-order chi connectivity index (χ1) is 12.7. The predicted molar refractivity (Wildman–Crippen MR) is 96.9 cm³/mol. The summed E-state index contributed by atoms with van der Waals surface area (Å²) in [5, 5.41) is 9.14. The second-order valence-electron chi connectivity index (χ2n) is 6.21. The number of pyridine rings is 1. The predicted octanol–water partition coefficient (Wildman–Crippen LogP) is 3.37. The molecule has 4 aromatic rings. The van der Waals surface area contributed by atoms with E-state index in [9.17, 15) is 0 Å². The lowest BCUT2D eigenvalue weighted by atomic mass is 10.3. The van der Waals surface area contributed by atoms with E-state index in [-0.39, 0.29) is 0 Å². The van der Waals surface area contributed by atoms with E-state index in [0.29, 0.717) is 11.6 Å². The van der Waals surface area contributed by atoms with Crippen molar-refractivity contribution in [1.29, 1.82) is 0 Å². The van der Waals surface area contributed by atoms with Crippen LogP contribution in [0.4, 0.5) is 0 Å². The molecule has 4 rings (SSSR count). The van der Waals surface area contributed by atoms with E-state index in [0.717, 1.165) is 36.6 Å². The number of hydrogen-bond donors (Lipinski definition) is 0. The Balaban J connectivity index is 1.58. The van der Waals surface area contributed by atoms with Crippen molar-refractivity contribution in [3.8, 4) is 17.3 Å². The molecule has 0 aliphatic heterocycles. The number of furan rings is 1. The Labute approximate surface area is 151 Å². The number of rotatable bonds is 6. The van der Waals surface area contributed by atoms with Crippen LogP contribution in [0.1, 0.15) is 23.6 Å². The van der Waals surface area contributed by atoms with Crippen LogP contribution in [0.5, 0.6) is 0 Å². The first-order valence-corrected chi connectivity index (χ1v) is 8.62. The van der Waals surface area contributed by atoms with Gasteiger partial charge in [-0.2, -0.15) is 5.10 Å². The molecular formula is C19H20N6O. The highest BCUT2D eigenvalue weighted by atomic mass is 16.3. The van der Waals surface area contributed by atoms with Gasteiger partial charge in [0, 0.05) is 24.9 Å². The summed E-state index contributed by atoms with van der Waals surface area (Å²) in [4.78, 5) is 8.88. The number of hydrogen-bond acceptors (Lipinski definition) is 5. The summed E-state index contributed by atoms with van der Waals surface area (Å²) in [6, 6.07) is 9.65. The molecular weight excluding hydrogens is 328 g/mol. The van der Waals surface area contributed by atoms with Gasteiger partial charge in [0.2, 0.25) is 5.82 Å². The van der Waals surface area contributed by atoms with Gasteiger partial charge in [0.25, 0.3) is 0 Å². The van der Waals surface area contributed by atoms with Crippen LogP contribution in [0.3, 0.4) is 0 Å². The maximum absolute atomic E-state index is 5.45. The highest BCUT2D eigenvalue weighted by Crippen LogP contribution is 2.19. The minimum Gasteiger partial charge on any atom is -0.461 e. The molecule has 7 heteroatoms. The van der Waals surface area contributed by atoms with Crippen LogP contribution >= 0.6 is 0 Å². The largest absolute Gasteiger partial charge is 0.461 e. The molecule has 0 radical (unpaired) electrons. The van der Waals surface area contributed by atoms with Gasteiger partial charge in [0.15, 0.2) is 5.76 Å². The molecule has 4 heterocycles. The Morgan fingerprint density at radius 2 is 2.04 bits per heavy atom. The van der Waals surface area contributed by atoms with Crippen LogP contribution in [-0.2, 0) is 13.0 Å². The minimum absolute atomic E-state index is 0.583. The van der Waals surface area contributed by atoms with Crippen molar-refractivity contribution in [3.63, 3.8) is 0 Å². The van der Waals surface area contributed by atoms with Gasteiger partial charge in [-0.3, -0.25) is 9.67 Å². The molecule has 7 nitrogen and oxygen atoms in total. The quantitative estimate of drug-likeness (QED) is 0.534. The van der Waals surface area contributed by atoms with Crippen molar-refractivity contribution < 1.29 is 4.42 Å². The van der Waals surface area contributed by atoms with Gasteiger partial charge in [-0.1, -0.05) is 0 Å². The summed E-state index contributed by atoms with van der Waals surface area (Å²) >= 11 is 0. The van der Waals surface area contributed by atoms with Gasteiger partial charge in [0.05, 0.1) is 23.8 Å². The molecule has 0 saturated carbocycles. The monoisotopic (exact) mass is 348 g/mol. The molecule has 0 aromatic carbocycles. The van der Waals surface area contributed by atoms with E-state index in [1.807, 2.05) is 40.6 Å². The molecule has 4 aromatic heterocycles. The Kier molecular flexibility index (Phi) is 4.35. The molecule has 132 valence electrons. The number of aryl methyl sites for hydroxylation is 4. The summed E-state index contributed by atoms with van der Waals surface area (Å²) in [6.07, 6.45) is 6.85. The third kappa shape index (κ3) is 3.28. The zero-order valence-electron chi connectivity index (χ0n) is 14.8. The smallest absolute Gasteiger partial charge is 0.217 e. The van der Waals surface area contributed by atoms with Gasteiger partial charge >= 0.3 is 0 Å². The summed E-state index contributed by atoms with van der Waals surface area (Å²) in [6.45, 7) is 4.93. The third-order valence-corrected chi connectivity index (χ3v) is 4.18. The van der Waals surface area contributed by atoms with E-state index >= 15 is 0 Å². The molecule has 0 amide bonds. The molecule has 26 heavy (non-hydrogen) atoms. The normalized spacial score (nSPS) is 11.2. The lowest BCUT2D eigenvalue weighted by Crippen LogP contribution is -2.07. The van der Waals surface area contributed by atoms with Crippen LogP contribution < -0.4 is 0 Å². The molecule has 0 fully saturated rings. The summed E-state index contributed by atoms with van der Waals surface area (Å²) < 4.78 is 9.32. The zero-order chi connectivity index (χ0) is 17.9. The van der Waals surface area contributed by atoms with E-state index in [2.05, 4.69) is 33.2 Å². The highest BCUT2D eigenvalue weighted by Gasteiger charge is 2.15. The van der Waals surface area contributed by atoms with E-state index in [1.165, 1.54) is 5.69 Å². The third-order valence-electron chi connectivity index (χ3n) is 4.18. The number of aromatic nitrogens is 6. The van der Waals surface area contributed by atoms with Gasteiger partial charge in [-0.15, -0.1) is 5.10 Å². The van der Waals surface area contributed by atoms with E-state index < -0.39 is 0 Å². The second kappa shape index (κ2) is 6.95. The fourth-order valence-corrected chi connectivity index (χ4v) is 2.99. The Morgan fingerprint density at radius 3 is 2.73 bits per heavy atom. The zero-order valence-corrected chi connectivity index (χ0v) is 14.8. The molecule has 0 bridgehead atoms. The summed E-state index contributed by atoms with van der Waals surface area (Å²) in [7, 11) is 0. The lowest BCUT2D eigenvalue weighted by Gasteiger charge is -2.06. The second-order valence-corrected chi connectivity index (χ2v) is 6.21. The molecule has 0 atom stereocenters. The lowest BCUT2D eigenvalue weighted by molar-refractivity contribution is 0.551. The average molecular weight is 348 g/mol. The van der Waals surface area contributed by atoms with E-state index in [4.69, 9.17) is 4.42 Å². The fraction of sp³-hybridized carbons (Fsp3) is 0.263. The van der Waals surface area contributed by atoms with Crippen molar-refractivity contribution in [2.24, 2.45) is 0 Å². The SMILES string of the molecule is Cc1cc(C)n(CCCc2nc(-c3ccco3)nn2-c2cccnc2)n1. The van der Waals surface area contributed by atoms with Crippen LogP contribution in [-0.4, -0.2) is 29.5 Å². The van der Waals surface area contributed by atoms with Gasteiger partial charge in [-0.25, -0.2) is 9.67 Å². The van der Waals surface area contributed by atoms with Crippen molar-refractivity contribution in [3.05, 3.63) is 66.2 Å². The van der Waals surface area contributed by atoms with Crippen LogP contribution in [0, 0.1) is 13.8 Å². The van der Waals surface area contributed by atoms with Crippen molar-refractivity contribution in [2.45, 2.75) is 33.2 Å². The Hall–Kier alpha value is -3.22. The van der Waals surface area contributed by atoms with Gasteiger partial charge < -0.3 is 4.42 Å². The van der Waals surface area contributed by atoms with E-state index in [1.54, 1.807) is 18.7 Å². The molecule has 0 aliphatic rings. The maximum Gasteiger partial charge on any atom is 0.217 e. The summed E-state index contributed by atoms with van der Waals surface area (Å²) in [5.74, 6) is 2.12. The minimum atomic E-state index is 0.583. The number of nitrogens with zero attached hydrogens (tertiary/aromatic N) is 6. The Morgan fingerprint density at radius 1 is 1.12 bits per heavy atom. The van der Waals surface area contributed by atoms with Crippen LogP contribution in [0.2, 0.25) is 0 Å². The van der Waals surface area contributed by atoms with Gasteiger partial charge in [-0.05, 0) is 50.6 Å². The van der Waals surface area contributed by atoms with Crippen molar-refractivity contribution in [1.82, 2.24) is 29.5 Å². The van der Waals surface area contributed by atoms with Crippen LogP contribution in [0.25, 0.3) is 17.3 Å². The fourth-order valence-electron chi connectivity index (χ4n) is 2.99. The topological polar surface area (TPSA) is 74.6 Å². The Bertz CT molecular complexity index is 985. The highest BCUT2D eigenvalue weighted by molar-refractivity contribution is 5.46. The maximum atomic E-state index is 5.45. The molecule has 0 aliphatic carbocycles. The van der Waals surface area contributed by atoms with Crippen molar-refractivity contribution >= 4 is 0 Å². The molecule has 0 unspecified atom stereocenters. The van der Waals surface area contributed by atoms with Gasteiger partial charge in [0.1, 0.15) is 5.82 Å². The van der Waals surface area contributed by atoms with Crippen LogP contribution in [0.15, 0.2) is 53.4 Å². The first-order valence-electron chi connectivity index (χ1n) is 8.62. The van der Waals surface area contributed by atoms with Crippen molar-refractivity contribution in [2.75, 3.05) is 0 Å². The summed E-state index contributed by atoms with van der Waals surface area (Å²) in [5.41, 5.74) is 3.10. The molecule has 0 saturated heterocycles.